The number of rotatable bonds is 7. The zero-order valence-electron chi connectivity index (χ0n) is 16.5. The number of methoxy groups -OCH3 is 1. The molecule has 27 heavy (non-hydrogen) atoms. The Hall–Kier alpha value is -2.00. The molecule has 2 N–H and O–H groups in total. The SMILES string of the molecule is CN=C(NCCc1csc(C(C)C)n1)NC1CCc2nc(COC)nn2C1. The van der Waals surface area contributed by atoms with Crippen LogP contribution >= 0.6 is 11.3 Å². The number of thiazole rings is 1. The van der Waals surface area contributed by atoms with Crippen molar-refractivity contribution in [2.24, 2.45) is 4.99 Å². The number of fused-ring (bicyclic) bond motifs is 1. The third-order valence-electron chi connectivity index (χ3n) is 4.48. The Morgan fingerprint density at radius 2 is 2.30 bits per heavy atom. The van der Waals surface area contributed by atoms with Crippen LogP contribution in [0.2, 0.25) is 0 Å². The number of aliphatic imine (C=N–C) groups is 1. The number of hydrogen-bond acceptors (Lipinski definition) is 6. The topological polar surface area (TPSA) is 89.2 Å². The highest BCUT2D eigenvalue weighted by molar-refractivity contribution is 7.09. The fraction of sp³-hybridized carbons (Fsp3) is 0.667. The van der Waals surface area contributed by atoms with Gasteiger partial charge in [-0.25, -0.2) is 14.6 Å². The van der Waals surface area contributed by atoms with Gasteiger partial charge < -0.3 is 15.4 Å². The lowest BCUT2D eigenvalue weighted by Crippen LogP contribution is -2.47. The first-order valence-corrected chi connectivity index (χ1v) is 10.3. The molecule has 0 aromatic carbocycles. The van der Waals surface area contributed by atoms with Crippen LogP contribution in [0.15, 0.2) is 10.4 Å². The lowest BCUT2D eigenvalue weighted by molar-refractivity contribution is 0.177. The summed E-state index contributed by atoms with van der Waals surface area (Å²) in [5, 5.41) is 14.8. The average molecular weight is 392 g/mol. The molecule has 8 nitrogen and oxygen atoms in total. The Labute approximate surface area is 164 Å². The van der Waals surface area contributed by atoms with E-state index in [-0.39, 0.29) is 6.04 Å². The van der Waals surface area contributed by atoms with Crippen molar-refractivity contribution in [1.29, 1.82) is 0 Å². The Morgan fingerprint density at radius 3 is 3.00 bits per heavy atom. The van der Waals surface area contributed by atoms with Gasteiger partial charge in [0, 0.05) is 50.9 Å². The highest BCUT2D eigenvalue weighted by atomic mass is 32.1. The van der Waals surface area contributed by atoms with E-state index in [1.165, 1.54) is 5.01 Å². The van der Waals surface area contributed by atoms with E-state index >= 15 is 0 Å². The minimum atomic E-state index is 0.285. The zero-order valence-corrected chi connectivity index (χ0v) is 17.3. The molecule has 1 aliphatic heterocycles. The molecular weight excluding hydrogens is 362 g/mol. The summed E-state index contributed by atoms with van der Waals surface area (Å²) < 4.78 is 7.10. The second kappa shape index (κ2) is 9.27. The van der Waals surface area contributed by atoms with Crippen LogP contribution in [0.25, 0.3) is 0 Å². The highest BCUT2D eigenvalue weighted by Crippen LogP contribution is 2.19. The van der Waals surface area contributed by atoms with Crippen molar-refractivity contribution in [3.63, 3.8) is 0 Å². The predicted molar refractivity (Wildman–Crippen MR) is 107 cm³/mol. The number of aryl methyl sites for hydroxylation is 1. The van der Waals surface area contributed by atoms with Crippen LogP contribution < -0.4 is 10.6 Å². The van der Waals surface area contributed by atoms with Gasteiger partial charge in [0.15, 0.2) is 11.8 Å². The molecule has 1 aliphatic rings. The van der Waals surface area contributed by atoms with Crippen molar-refractivity contribution < 1.29 is 4.74 Å². The first-order chi connectivity index (χ1) is 13.1. The molecule has 0 bridgehead atoms. The molecule has 2 aromatic rings. The first-order valence-electron chi connectivity index (χ1n) is 9.42. The number of guanidine groups is 1. The maximum Gasteiger partial charge on any atom is 0.191 e. The average Bonchev–Trinajstić information content (AvgIpc) is 3.27. The number of ether oxygens (including phenoxy) is 1. The van der Waals surface area contributed by atoms with Crippen LogP contribution in [0.3, 0.4) is 0 Å². The van der Waals surface area contributed by atoms with E-state index in [9.17, 15) is 0 Å². The number of nitrogens with zero attached hydrogens (tertiary/aromatic N) is 5. The number of nitrogens with one attached hydrogen (secondary N) is 2. The smallest absolute Gasteiger partial charge is 0.191 e. The van der Waals surface area contributed by atoms with E-state index in [2.05, 4.69) is 49.9 Å². The van der Waals surface area contributed by atoms with Crippen molar-refractivity contribution in [3.8, 4) is 0 Å². The Bertz CT molecular complexity index is 768. The minimum absolute atomic E-state index is 0.285. The third kappa shape index (κ3) is 5.26. The molecule has 148 valence electrons. The van der Waals surface area contributed by atoms with Gasteiger partial charge in [0.2, 0.25) is 0 Å². The Morgan fingerprint density at radius 1 is 1.44 bits per heavy atom. The van der Waals surface area contributed by atoms with E-state index in [0.29, 0.717) is 12.5 Å². The van der Waals surface area contributed by atoms with E-state index in [1.807, 2.05) is 4.68 Å². The van der Waals surface area contributed by atoms with E-state index in [1.54, 1.807) is 25.5 Å². The van der Waals surface area contributed by atoms with Crippen molar-refractivity contribution in [2.75, 3.05) is 20.7 Å². The van der Waals surface area contributed by atoms with Gasteiger partial charge >= 0.3 is 0 Å². The molecule has 9 heteroatoms. The Kier molecular flexibility index (Phi) is 6.78. The predicted octanol–water partition coefficient (Wildman–Crippen LogP) is 1.73. The van der Waals surface area contributed by atoms with Crippen molar-refractivity contribution >= 4 is 17.3 Å². The van der Waals surface area contributed by atoms with E-state index in [0.717, 1.165) is 55.7 Å². The summed E-state index contributed by atoms with van der Waals surface area (Å²) >= 11 is 1.74. The highest BCUT2D eigenvalue weighted by Gasteiger charge is 2.22. The molecule has 0 radical (unpaired) electrons. The van der Waals surface area contributed by atoms with Gasteiger partial charge in [0.1, 0.15) is 12.4 Å². The fourth-order valence-electron chi connectivity index (χ4n) is 3.07. The third-order valence-corrected chi connectivity index (χ3v) is 5.67. The van der Waals surface area contributed by atoms with Gasteiger partial charge in [-0.3, -0.25) is 4.99 Å². The monoisotopic (exact) mass is 391 g/mol. The Balaban J connectivity index is 1.47. The summed E-state index contributed by atoms with van der Waals surface area (Å²) in [6.45, 7) is 6.40. The minimum Gasteiger partial charge on any atom is -0.377 e. The molecular formula is C18H29N7OS. The second-order valence-corrected chi connectivity index (χ2v) is 7.91. The largest absolute Gasteiger partial charge is 0.377 e. The van der Waals surface area contributed by atoms with E-state index in [4.69, 9.17) is 4.74 Å². The molecule has 0 aliphatic carbocycles. The van der Waals surface area contributed by atoms with Crippen LogP contribution in [0.4, 0.5) is 0 Å². The lowest BCUT2D eigenvalue weighted by Gasteiger charge is -2.25. The van der Waals surface area contributed by atoms with Gasteiger partial charge in [-0.05, 0) is 6.42 Å². The maximum atomic E-state index is 5.12. The molecule has 3 rings (SSSR count). The molecule has 0 fully saturated rings. The molecule has 1 unspecified atom stereocenters. The number of aromatic nitrogens is 4. The number of hydrogen-bond donors (Lipinski definition) is 2. The molecule has 0 spiro atoms. The summed E-state index contributed by atoms with van der Waals surface area (Å²) in [5.74, 6) is 3.09. The van der Waals surface area contributed by atoms with Crippen LogP contribution in [0, 0.1) is 0 Å². The standard InChI is InChI=1S/C18H29N7OS/c1-12(2)17-21-14(11-27-17)7-8-20-18(19-3)22-13-5-6-16-23-15(10-26-4)24-25(16)9-13/h11-13H,5-10H2,1-4H3,(H2,19,20,22). The van der Waals surface area contributed by atoms with Crippen molar-refractivity contribution in [3.05, 3.63) is 27.7 Å². The summed E-state index contributed by atoms with van der Waals surface area (Å²) in [5.41, 5.74) is 1.14. The van der Waals surface area contributed by atoms with Crippen LogP contribution in [0.1, 0.15) is 48.5 Å². The summed E-state index contributed by atoms with van der Waals surface area (Å²) in [6.07, 6.45) is 2.81. The van der Waals surface area contributed by atoms with Gasteiger partial charge in [-0.1, -0.05) is 13.8 Å². The van der Waals surface area contributed by atoms with Gasteiger partial charge in [0.05, 0.1) is 17.2 Å². The fourth-order valence-corrected chi connectivity index (χ4v) is 3.94. The lowest BCUT2D eigenvalue weighted by atomic mass is 10.1. The second-order valence-electron chi connectivity index (χ2n) is 7.02. The quantitative estimate of drug-likeness (QED) is 0.552. The molecule has 3 heterocycles. The van der Waals surface area contributed by atoms with E-state index < -0.39 is 0 Å². The van der Waals surface area contributed by atoms with Gasteiger partial charge in [-0.15, -0.1) is 11.3 Å². The van der Waals surface area contributed by atoms with Crippen molar-refractivity contribution in [2.45, 2.75) is 58.2 Å². The van der Waals surface area contributed by atoms with Crippen LogP contribution in [-0.2, 0) is 30.7 Å². The maximum absolute atomic E-state index is 5.12. The van der Waals surface area contributed by atoms with Gasteiger partial charge in [-0.2, -0.15) is 5.10 Å². The van der Waals surface area contributed by atoms with Crippen molar-refractivity contribution in [1.82, 2.24) is 30.4 Å². The normalized spacial score (nSPS) is 17.2. The zero-order chi connectivity index (χ0) is 19.2. The van der Waals surface area contributed by atoms with Crippen LogP contribution in [-0.4, -0.2) is 52.5 Å². The molecule has 0 saturated carbocycles. The molecule has 2 aromatic heterocycles. The molecule has 1 atom stereocenters. The summed E-state index contributed by atoms with van der Waals surface area (Å²) in [4.78, 5) is 13.5. The molecule has 0 amide bonds. The van der Waals surface area contributed by atoms with Gasteiger partial charge in [0.25, 0.3) is 0 Å². The summed E-state index contributed by atoms with van der Waals surface area (Å²) in [6, 6.07) is 0.285. The summed E-state index contributed by atoms with van der Waals surface area (Å²) in [7, 11) is 3.46. The first kappa shape index (κ1) is 19.8. The molecule has 0 saturated heterocycles. The van der Waals surface area contributed by atoms with Crippen LogP contribution in [0.5, 0.6) is 0 Å².